The third-order valence-corrected chi connectivity index (χ3v) is 2.05. The number of hydrogen-bond donors (Lipinski definition) is 0. The Hall–Kier alpha value is -0.570. The first kappa shape index (κ1) is 8.05. The summed E-state index contributed by atoms with van der Waals surface area (Å²) in [5, 5.41) is 0. The Kier molecular flexibility index (Phi) is 2.05. The third kappa shape index (κ3) is 1.97. The lowest BCUT2D eigenvalue weighted by molar-refractivity contribution is 0.300. The average molecular weight is 230 g/mol. The lowest BCUT2D eigenvalue weighted by Crippen LogP contribution is -1.96. The molecule has 63 valence electrons. The van der Waals surface area contributed by atoms with Crippen molar-refractivity contribution < 1.29 is 9.13 Å². The first-order valence-electron chi connectivity index (χ1n) is 3.79. The van der Waals surface area contributed by atoms with Crippen molar-refractivity contribution in [1.82, 2.24) is 0 Å². The summed E-state index contributed by atoms with van der Waals surface area (Å²) in [5.41, 5.74) is 0. The second-order valence-corrected chi connectivity index (χ2v) is 3.74. The van der Waals surface area contributed by atoms with Gasteiger partial charge in [-0.2, -0.15) is 0 Å². The Labute approximate surface area is 78.7 Å². The van der Waals surface area contributed by atoms with Crippen LogP contribution in [0.1, 0.15) is 12.8 Å². The molecular weight excluding hydrogens is 223 g/mol. The van der Waals surface area contributed by atoms with Crippen LogP contribution in [0.3, 0.4) is 0 Å². The quantitative estimate of drug-likeness (QED) is 0.758. The predicted octanol–water partition coefficient (Wildman–Crippen LogP) is 2.93. The highest BCUT2D eigenvalue weighted by atomic mass is 79.9. The predicted molar refractivity (Wildman–Crippen MR) is 46.6 cm³/mol. The van der Waals surface area contributed by atoms with Gasteiger partial charge in [-0.05, 0) is 25.0 Å². The van der Waals surface area contributed by atoms with Crippen LogP contribution in [-0.4, -0.2) is 6.10 Å². The van der Waals surface area contributed by atoms with E-state index in [2.05, 4.69) is 22.0 Å². The molecule has 0 aromatic heterocycles. The van der Waals surface area contributed by atoms with Gasteiger partial charge in [-0.1, -0.05) is 15.9 Å². The molecular formula is C9H7BrFO. The van der Waals surface area contributed by atoms with E-state index in [0.717, 1.165) is 12.8 Å². The normalized spacial score (nSPS) is 16.2. The van der Waals surface area contributed by atoms with Gasteiger partial charge in [-0.25, -0.2) is 4.39 Å². The topological polar surface area (TPSA) is 9.23 Å². The lowest BCUT2D eigenvalue weighted by Gasteiger charge is -2.03. The van der Waals surface area contributed by atoms with E-state index < -0.39 is 0 Å². The minimum absolute atomic E-state index is 0.287. The van der Waals surface area contributed by atoms with Crippen LogP contribution in [0.4, 0.5) is 4.39 Å². The van der Waals surface area contributed by atoms with Crippen molar-refractivity contribution in [1.29, 1.82) is 0 Å². The Morgan fingerprint density at radius 3 is 2.83 bits per heavy atom. The molecule has 0 bridgehead atoms. The van der Waals surface area contributed by atoms with E-state index >= 15 is 0 Å². The van der Waals surface area contributed by atoms with Gasteiger partial charge < -0.3 is 4.74 Å². The van der Waals surface area contributed by atoms with E-state index in [9.17, 15) is 4.39 Å². The van der Waals surface area contributed by atoms with Crippen molar-refractivity contribution in [3.63, 3.8) is 0 Å². The molecule has 0 aliphatic heterocycles. The molecule has 0 N–H and O–H groups in total. The zero-order chi connectivity index (χ0) is 8.55. The Morgan fingerprint density at radius 2 is 2.25 bits per heavy atom. The summed E-state index contributed by atoms with van der Waals surface area (Å²) in [7, 11) is 0. The molecule has 3 heteroatoms. The molecule has 1 radical (unpaired) electrons. The molecule has 0 spiro atoms. The van der Waals surface area contributed by atoms with Crippen LogP contribution in [0.5, 0.6) is 5.75 Å². The maximum atomic E-state index is 12.7. The van der Waals surface area contributed by atoms with Crippen LogP contribution in [0.25, 0.3) is 0 Å². The van der Waals surface area contributed by atoms with E-state index in [1.54, 1.807) is 6.07 Å². The first-order chi connectivity index (χ1) is 5.74. The van der Waals surface area contributed by atoms with Crippen molar-refractivity contribution in [3.05, 3.63) is 28.5 Å². The molecule has 1 nitrogen and oxygen atoms in total. The molecule has 0 unspecified atom stereocenters. The minimum Gasteiger partial charge on any atom is -0.490 e. The molecule has 1 aromatic carbocycles. The average Bonchev–Trinajstić information content (AvgIpc) is 2.68. The second-order valence-electron chi connectivity index (χ2n) is 2.83. The molecule has 1 aliphatic rings. The number of rotatable bonds is 2. The SMILES string of the molecule is Fc1[c]c(OC2CC2)cc(Br)c1. The maximum Gasteiger partial charge on any atom is 0.136 e. The largest absolute Gasteiger partial charge is 0.490 e. The van der Waals surface area contributed by atoms with Gasteiger partial charge >= 0.3 is 0 Å². The maximum absolute atomic E-state index is 12.7. The number of benzene rings is 1. The summed E-state index contributed by atoms with van der Waals surface area (Å²) in [6.07, 6.45) is 2.43. The van der Waals surface area contributed by atoms with Crippen molar-refractivity contribution >= 4 is 15.9 Å². The molecule has 0 atom stereocenters. The number of ether oxygens (including phenoxy) is 1. The van der Waals surface area contributed by atoms with Gasteiger partial charge in [0.1, 0.15) is 11.6 Å². The fraction of sp³-hybridized carbons (Fsp3) is 0.333. The second kappa shape index (κ2) is 3.05. The fourth-order valence-corrected chi connectivity index (χ4v) is 1.32. The van der Waals surface area contributed by atoms with Gasteiger partial charge in [-0.3, -0.25) is 0 Å². The van der Waals surface area contributed by atoms with Crippen LogP contribution in [-0.2, 0) is 0 Å². The van der Waals surface area contributed by atoms with Crippen LogP contribution in [0, 0.1) is 11.9 Å². The van der Waals surface area contributed by atoms with Gasteiger partial charge in [0.15, 0.2) is 0 Å². The van der Waals surface area contributed by atoms with Crippen molar-refractivity contribution in [2.75, 3.05) is 0 Å². The van der Waals surface area contributed by atoms with Gasteiger partial charge in [0.05, 0.1) is 12.2 Å². The summed E-state index contributed by atoms with van der Waals surface area (Å²) < 4.78 is 18.8. The highest BCUT2D eigenvalue weighted by molar-refractivity contribution is 9.10. The summed E-state index contributed by atoms with van der Waals surface area (Å²) >= 11 is 3.18. The molecule has 12 heavy (non-hydrogen) atoms. The van der Waals surface area contributed by atoms with E-state index in [1.807, 2.05) is 0 Å². The van der Waals surface area contributed by atoms with Gasteiger partial charge in [0.25, 0.3) is 0 Å². The first-order valence-corrected chi connectivity index (χ1v) is 4.58. The van der Waals surface area contributed by atoms with E-state index in [0.29, 0.717) is 10.2 Å². The molecule has 1 saturated carbocycles. The van der Waals surface area contributed by atoms with Gasteiger partial charge in [0, 0.05) is 4.47 Å². The zero-order valence-electron chi connectivity index (χ0n) is 6.31. The van der Waals surface area contributed by atoms with E-state index in [-0.39, 0.29) is 11.9 Å². The molecule has 1 aliphatic carbocycles. The van der Waals surface area contributed by atoms with E-state index in [1.165, 1.54) is 6.07 Å². The summed E-state index contributed by atoms with van der Waals surface area (Å²) in [5.74, 6) is 0.101. The van der Waals surface area contributed by atoms with Gasteiger partial charge in [-0.15, -0.1) is 0 Å². The van der Waals surface area contributed by atoms with Crippen LogP contribution in [0.15, 0.2) is 16.6 Å². The van der Waals surface area contributed by atoms with Crippen molar-refractivity contribution in [2.45, 2.75) is 18.9 Å². The number of halogens is 2. The summed E-state index contributed by atoms with van der Waals surface area (Å²) in [6.45, 7) is 0. The Bertz CT molecular complexity index is 276. The Morgan fingerprint density at radius 1 is 1.50 bits per heavy atom. The summed E-state index contributed by atoms with van der Waals surface area (Å²) in [4.78, 5) is 0. The molecule has 0 saturated heterocycles. The van der Waals surface area contributed by atoms with Crippen molar-refractivity contribution in [3.8, 4) is 5.75 Å². The molecule has 1 aromatic rings. The summed E-state index contributed by atoms with van der Waals surface area (Å²) in [6, 6.07) is 5.59. The smallest absolute Gasteiger partial charge is 0.136 e. The fourth-order valence-electron chi connectivity index (χ4n) is 0.907. The van der Waals surface area contributed by atoms with Crippen LogP contribution < -0.4 is 4.74 Å². The highest BCUT2D eigenvalue weighted by Crippen LogP contribution is 2.28. The zero-order valence-corrected chi connectivity index (χ0v) is 7.90. The monoisotopic (exact) mass is 229 g/mol. The Balaban J connectivity index is 2.18. The van der Waals surface area contributed by atoms with Gasteiger partial charge in [0.2, 0.25) is 0 Å². The molecule has 2 rings (SSSR count). The van der Waals surface area contributed by atoms with Crippen molar-refractivity contribution in [2.24, 2.45) is 0 Å². The molecule has 0 heterocycles. The minimum atomic E-state index is -0.389. The highest BCUT2D eigenvalue weighted by Gasteiger charge is 2.23. The van der Waals surface area contributed by atoms with Crippen LogP contribution in [0.2, 0.25) is 0 Å². The molecule has 1 fully saturated rings. The number of hydrogen-bond acceptors (Lipinski definition) is 1. The third-order valence-electron chi connectivity index (χ3n) is 1.59. The standard InChI is InChI=1S/C9H7BrFO/c10-6-3-7(11)5-9(4-6)12-8-1-2-8/h3-4,8H,1-2H2. The van der Waals surface area contributed by atoms with E-state index in [4.69, 9.17) is 4.74 Å². The lowest BCUT2D eigenvalue weighted by atomic mass is 10.3. The molecule has 0 amide bonds. The van der Waals surface area contributed by atoms with Crippen LogP contribution >= 0.6 is 15.9 Å².